The second kappa shape index (κ2) is 10.6. The van der Waals surface area contributed by atoms with Crippen molar-refractivity contribution in [2.75, 3.05) is 23.0 Å². The van der Waals surface area contributed by atoms with Gasteiger partial charge in [0.25, 0.3) is 5.69 Å². The summed E-state index contributed by atoms with van der Waals surface area (Å²) in [5, 5.41) is 15.0. The zero-order chi connectivity index (χ0) is 28.6. The van der Waals surface area contributed by atoms with Crippen LogP contribution in [-0.2, 0) is 10.0 Å². The van der Waals surface area contributed by atoms with E-state index in [9.17, 15) is 18.5 Å². The van der Waals surface area contributed by atoms with Crippen LogP contribution in [0.15, 0.2) is 77.3 Å². The van der Waals surface area contributed by atoms with Crippen molar-refractivity contribution in [3.05, 3.63) is 100 Å². The van der Waals surface area contributed by atoms with Gasteiger partial charge in [-0.15, -0.1) is 0 Å². The largest absolute Gasteiger partial charge is 0.496 e. The lowest BCUT2D eigenvalue weighted by Gasteiger charge is -2.26. The molecular formula is C27H25N5O6S2. The minimum Gasteiger partial charge on any atom is -0.496 e. The number of non-ortho nitro benzene ring substituents is 1. The van der Waals surface area contributed by atoms with Crippen molar-refractivity contribution in [3.8, 4) is 17.1 Å². The number of nitrogens with one attached hydrogen (secondary N) is 2. The van der Waals surface area contributed by atoms with Gasteiger partial charge in [-0.2, -0.15) is 0 Å². The van der Waals surface area contributed by atoms with Gasteiger partial charge in [0, 0.05) is 18.0 Å². The van der Waals surface area contributed by atoms with E-state index in [1.54, 1.807) is 37.4 Å². The molecule has 0 spiro atoms. The molecule has 2 aromatic carbocycles. The molecule has 2 N–H and O–H groups in total. The number of nitro benzene ring substituents is 1. The van der Waals surface area contributed by atoms with E-state index in [4.69, 9.17) is 21.4 Å². The Kier molecular flexibility index (Phi) is 7.17. The molecule has 5 rings (SSSR count). The number of ether oxygens (including phenoxy) is 1. The quantitative estimate of drug-likeness (QED) is 0.164. The van der Waals surface area contributed by atoms with Crippen LogP contribution in [0.25, 0.3) is 11.3 Å². The first-order chi connectivity index (χ1) is 19.1. The Morgan fingerprint density at radius 2 is 1.95 bits per heavy atom. The highest BCUT2D eigenvalue weighted by atomic mass is 32.2. The van der Waals surface area contributed by atoms with Crippen LogP contribution in [0.2, 0.25) is 0 Å². The van der Waals surface area contributed by atoms with Crippen molar-refractivity contribution < 1.29 is 22.5 Å². The Labute approximate surface area is 236 Å². The molecule has 1 fully saturated rings. The fourth-order valence-electron chi connectivity index (χ4n) is 4.69. The second-order valence-electron chi connectivity index (χ2n) is 9.21. The molecule has 0 aliphatic carbocycles. The summed E-state index contributed by atoms with van der Waals surface area (Å²) in [7, 11) is -2.01. The van der Waals surface area contributed by atoms with E-state index in [-0.39, 0.29) is 11.7 Å². The van der Waals surface area contributed by atoms with E-state index in [1.165, 1.54) is 19.2 Å². The molecule has 0 amide bonds. The van der Waals surface area contributed by atoms with Crippen LogP contribution in [0.5, 0.6) is 5.75 Å². The standard InChI is InChI=1S/C27H25N5O6S2/c1-16-14-17(8-10-20(16)30-40(3,35)36)31-26(25(29-27(31)39)21-6-4-5-13-28-21)23-12-11-22(38-23)19-9-7-18(32(33)34)15-24(19)37-2/h4-15,25-26,30H,1-3H3,(H,29,39). The SMILES string of the molecule is COc1cc([N+](=O)[O-])ccc1-c1ccc(C2C(c3ccccn3)NC(=S)N2c2ccc(NS(C)(=O)=O)c(C)c2)o1. The van der Waals surface area contributed by atoms with Crippen LogP contribution >= 0.6 is 12.2 Å². The number of furan rings is 1. The molecule has 1 aliphatic rings. The Morgan fingerprint density at radius 3 is 2.60 bits per heavy atom. The van der Waals surface area contributed by atoms with Crippen LogP contribution in [0.3, 0.4) is 0 Å². The van der Waals surface area contributed by atoms with Crippen molar-refractivity contribution in [3.63, 3.8) is 0 Å². The third kappa shape index (κ3) is 5.33. The van der Waals surface area contributed by atoms with Gasteiger partial charge >= 0.3 is 0 Å². The van der Waals surface area contributed by atoms with Crippen molar-refractivity contribution in [2.45, 2.75) is 19.0 Å². The molecule has 2 aromatic heterocycles. The Hall–Kier alpha value is -4.49. The molecule has 11 nitrogen and oxygen atoms in total. The van der Waals surface area contributed by atoms with E-state index in [2.05, 4.69) is 15.0 Å². The maximum Gasteiger partial charge on any atom is 0.273 e. The number of aryl methyl sites for hydroxylation is 1. The number of hydrogen-bond acceptors (Lipinski definition) is 8. The highest BCUT2D eigenvalue weighted by molar-refractivity contribution is 7.92. The zero-order valence-corrected chi connectivity index (χ0v) is 23.3. The normalized spacial score (nSPS) is 17.0. The van der Waals surface area contributed by atoms with E-state index in [0.29, 0.717) is 39.2 Å². The second-order valence-corrected chi connectivity index (χ2v) is 11.3. The maximum absolute atomic E-state index is 11.8. The molecule has 206 valence electrons. The summed E-state index contributed by atoms with van der Waals surface area (Å²) >= 11 is 5.77. The minimum absolute atomic E-state index is 0.0942. The molecule has 2 atom stereocenters. The summed E-state index contributed by atoms with van der Waals surface area (Å²) in [4.78, 5) is 17.2. The lowest BCUT2D eigenvalue weighted by Crippen LogP contribution is -2.29. The van der Waals surface area contributed by atoms with E-state index < -0.39 is 21.0 Å². The number of nitrogens with zero attached hydrogens (tertiary/aromatic N) is 3. The van der Waals surface area contributed by atoms with Crippen LogP contribution in [-0.4, -0.2) is 36.8 Å². The lowest BCUT2D eigenvalue weighted by atomic mass is 10.0. The predicted octanol–water partition coefficient (Wildman–Crippen LogP) is 5.12. The maximum atomic E-state index is 11.8. The first kappa shape index (κ1) is 27.1. The molecule has 0 radical (unpaired) electrons. The van der Waals surface area contributed by atoms with Crippen LogP contribution in [0, 0.1) is 17.0 Å². The smallest absolute Gasteiger partial charge is 0.273 e. The molecule has 0 bridgehead atoms. The minimum atomic E-state index is -3.45. The van der Waals surface area contributed by atoms with Crippen molar-refractivity contribution in [2.24, 2.45) is 0 Å². The highest BCUT2D eigenvalue weighted by Gasteiger charge is 2.42. The van der Waals surface area contributed by atoms with E-state index >= 15 is 0 Å². The van der Waals surface area contributed by atoms with Crippen LogP contribution < -0.4 is 19.7 Å². The molecule has 3 heterocycles. The van der Waals surface area contributed by atoms with Crippen molar-refractivity contribution in [1.29, 1.82) is 0 Å². The number of benzene rings is 2. The van der Waals surface area contributed by atoms with Crippen LogP contribution in [0.4, 0.5) is 17.1 Å². The highest BCUT2D eigenvalue weighted by Crippen LogP contribution is 2.44. The van der Waals surface area contributed by atoms with Gasteiger partial charge in [-0.05, 0) is 73.2 Å². The van der Waals surface area contributed by atoms with Gasteiger partial charge < -0.3 is 19.4 Å². The van der Waals surface area contributed by atoms with Gasteiger partial charge in [-0.1, -0.05) is 6.07 Å². The number of anilines is 2. The van der Waals surface area contributed by atoms with Crippen LogP contribution in [0.1, 0.15) is 29.1 Å². The number of rotatable bonds is 8. The van der Waals surface area contributed by atoms with Gasteiger partial charge in [-0.25, -0.2) is 8.42 Å². The fourth-order valence-corrected chi connectivity index (χ4v) is 5.66. The molecule has 1 saturated heterocycles. The number of aromatic nitrogens is 1. The summed E-state index contributed by atoms with van der Waals surface area (Å²) in [5.41, 5.74) is 3.11. The summed E-state index contributed by atoms with van der Waals surface area (Å²) in [6.45, 7) is 1.81. The zero-order valence-electron chi connectivity index (χ0n) is 21.7. The molecule has 13 heteroatoms. The Morgan fingerprint density at radius 1 is 1.15 bits per heavy atom. The third-order valence-corrected chi connectivity index (χ3v) is 7.37. The third-order valence-electron chi connectivity index (χ3n) is 6.46. The number of sulfonamides is 1. The van der Waals surface area contributed by atoms with Crippen molar-refractivity contribution in [1.82, 2.24) is 10.3 Å². The fraction of sp³-hybridized carbons (Fsp3) is 0.185. The summed E-state index contributed by atoms with van der Waals surface area (Å²) < 4.78 is 37.9. The van der Waals surface area contributed by atoms with E-state index in [0.717, 1.165) is 17.6 Å². The number of nitro groups is 1. The van der Waals surface area contributed by atoms with Crippen molar-refractivity contribution >= 4 is 44.4 Å². The first-order valence-corrected chi connectivity index (χ1v) is 14.4. The van der Waals surface area contributed by atoms with Gasteiger partial charge in [0.15, 0.2) is 5.11 Å². The first-order valence-electron chi connectivity index (χ1n) is 12.1. The molecule has 4 aromatic rings. The predicted molar refractivity (Wildman–Crippen MR) is 155 cm³/mol. The molecule has 0 saturated carbocycles. The molecule has 2 unspecified atom stereocenters. The Balaban J connectivity index is 1.59. The van der Waals surface area contributed by atoms with Gasteiger partial charge in [0.05, 0.1) is 47.3 Å². The topological polar surface area (TPSA) is 140 Å². The summed E-state index contributed by atoms with van der Waals surface area (Å²) in [5.74, 6) is 1.33. The number of thiocarbonyl (C=S) groups is 1. The summed E-state index contributed by atoms with van der Waals surface area (Å²) in [6.07, 6.45) is 2.80. The van der Waals surface area contributed by atoms with Gasteiger partial charge in [0.2, 0.25) is 10.0 Å². The number of hydrogen-bond donors (Lipinski definition) is 2. The lowest BCUT2D eigenvalue weighted by molar-refractivity contribution is -0.384. The number of methoxy groups -OCH3 is 1. The Bertz CT molecular complexity index is 1710. The van der Waals surface area contributed by atoms with E-state index in [1.807, 2.05) is 35.2 Å². The summed E-state index contributed by atoms with van der Waals surface area (Å²) in [6, 6.07) is 18.0. The average molecular weight is 580 g/mol. The van der Waals surface area contributed by atoms with Gasteiger partial charge in [0.1, 0.15) is 23.3 Å². The monoisotopic (exact) mass is 579 g/mol. The average Bonchev–Trinajstić information content (AvgIpc) is 3.53. The molecule has 40 heavy (non-hydrogen) atoms. The number of pyridine rings is 1. The molecular weight excluding hydrogens is 554 g/mol. The molecule has 1 aliphatic heterocycles. The van der Waals surface area contributed by atoms with Gasteiger partial charge in [-0.3, -0.25) is 19.8 Å².